The van der Waals surface area contributed by atoms with E-state index in [1.165, 1.54) is 5.56 Å². The minimum Gasteiger partial charge on any atom is -0.392 e. The average molecular weight is 199 g/mol. The molecule has 0 aliphatic carbocycles. The van der Waals surface area contributed by atoms with E-state index in [4.69, 9.17) is 5.11 Å². The summed E-state index contributed by atoms with van der Waals surface area (Å²) in [7, 11) is 0. The molecule has 1 N–H and O–H groups in total. The van der Waals surface area contributed by atoms with E-state index in [1.54, 1.807) is 6.20 Å². The molecule has 0 bridgehead atoms. The Kier molecular flexibility index (Phi) is 2.79. The topological polar surface area (TPSA) is 33.1 Å². The van der Waals surface area contributed by atoms with Gasteiger partial charge in [-0.25, -0.2) is 0 Å². The molecule has 0 unspecified atom stereocenters. The number of aromatic nitrogens is 1. The van der Waals surface area contributed by atoms with Crippen LogP contribution in [0.15, 0.2) is 42.7 Å². The Balaban J connectivity index is 2.49. The quantitative estimate of drug-likeness (QED) is 0.806. The van der Waals surface area contributed by atoms with Gasteiger partial charge < -0.3 is 5.11 Å². The van der Waals surface area contributed by atoms with Crippen LogP contribution >= 0.6 is 0 Å². The maximum absolute atomic E-state index is 9.06. The van der Waals surface area contributed by atoms with Gasteiger partial charge in [-0.15, -0.1) is 0 Å². The third kappa shape index (κ3) is 2.05. The van der Waals surface area contributed by atoms with Gasteiger partial charge in [0, 0.05) is 18.0 Å². The first kappa shape index (κ1) is 9.87. The number of aliphatic hydroxyl groups is 1. The molecule has 0 atom stereocenters. The Morgan fingerprint density at radius 3 is 2.87 bits per heavy atom. The number of pyridine rings is 1. The third-order valence-electron chi connectivity index (χ3n) is 2.46. The molecule has 0 saturated carbocycles. The Labute approximate surface area is 89.2 Å². The van der Waals surface area contributed by atoms with Crippen LogP contribution in [-0.2, 0) is 6.61 Å². The van der Waals surface area contributed by atoms with E-state index in [1.807, 2.05) is 36.5 Å². The average Bonchev–Trinajstić information content (AvgIpc) is 2.30. The summed E-state index contributed by atoms with van der Waals surface area (Å²) < 4.78 is 0. The summed E-state index contributed by atoms with van der Waals surface area (Å²) in [5, 5.41) is 9.06. The number of rotatable bonds is 2. The van der Waals surface area contributed by atoms with E-state index in [0.717, 1.165) is 16.7 Å². The Morgan fingerprint density at radius 2 is 2.13 bits per heavy atom. The van der Waals surface area contributed by atoms with Crippen molar-refractivity contribution < 1.29 is 5.11 Å². The Bertz CT molecular complexity index is 466. The van der Waals surface area contributed by atoms with Crippen LogP contribution in [0.25, 0.3) is 11.1 Å². The van der Waals surface area contributed by atoms with Crippen molar-refractivity contribution in [1.29, 1.82) is 0 Å². The minimum absolute atomic E-state index is 0.0765. The zero-order valence-electron chi connectivity index (χ0n) is 8.64. The molecule has 1 heterocycles. The molecular formula is C13H13NO. The van der Waals surface area contributed by atoms with Gasteiger partial charge in [0.2, 0.25) is 0 Å². The molecule has 2 rings (SSSR count). The lowest BCUT2D eigenvalue weighted by Crippen LogP contribution is -1.87. The predicted molar refractivity (Wildman–Crippen MR) is 60.3 cm³/mol. The lowest BCUT2D eigenvalue weighted by Gasteiger charge is -2.06. The van der Waals surface area contributed by atoms with Crippen LogP contribution in [0.3, 0.4) is 0 Å². The SMILES string of the molecule is Cc1ccncc1-c1cccc(CO)c1. The van der Waals surface area contributed by atoms with Crippen LogP contribution in [0.4, 0.5) is 0 Å². The summed E-state index contributed by atoms with van der Waals surface area (Å²) in [5.74, 6) is 0. The molecule has 0 radical (unpaired) electrons. The van der Waals surface area contributed by atoms with Gasteiger partial charge >= 0.3 is 0 Å². The molecule has 0 saturated heterocycles. The highest BCUT2D eigenvalue weighted by molar-refractivity contribution is 5.66. The van der Waals surface area contributed by atoms with Gasteiger partial charge in [-0.3, -0.25) is 4.98 Å². The molecule has 2 heteroatoms. The predicted octanol–water partition coefficient (Wildman–Crippen LogP) is 2.55. The number of nitrogens with zero attached hydrogens (tertiary/aromatic N) is 1. The zero-order valence-corrected chi connectivity index (χ0v) is 8.64. The van der Waals surface area contributed by atoms with Crippen molar-refractivity contribution in [1.82, 2.24) is 4.98 Å². The molecule has 2 nitrogen and oxygen atoms in total. The summed E-state index contributed by atoms with van der Waals surface area (Å²) in [6.45, 7) is 2.13. The monoisotopic (exact) mass is 199 g/mol. The number of benzene rings is 1. The first-order chi connectivity index (χ1) is 7.31. The van der Waals surface area contributed by atoms with Gasteiger partial charge in [-0.2, -0.15) is 0 Å². The highest BCUT2D eigenvalue weighted by Crippen LogP contribution is 2.22. The van der Waals surface area contributed by atoms with E-state index in [9.17, 15) is 0 Å². The summed E-state index contributed by atoms with van der Waals surface area (Å²) >= 11 is 0. The van der Waals surface area contributed by atoms with E-state index in [-0.39, 0.29) is 6.61 Å². The fraction of sp³-hybridized carbons (Fsp3) is 0.154. The fourth-order valence-electron chi connectivity index (χ4n) is 1.60. The van der Waals surface area contributed by atoms with Crippen LogP contribution in [0.5, 0.6) is 0 Å². The summed E-state index contributed by atoms with van der Waals surface area (Å²) in [6.07, 6.45) is 3.64. The molecular weight excluding hydrogens is 186 g/mol. The number of aryl methyl sites for hydroxylation is 1. The first-order valence-corrected chi connectivity index (χ1v) is 4.92. The molecule has 0 amide bonds. The summed E-state index contributed by atoms with van der Waals surface area (Å²) in [5.41, 5.74) is 4.34. The highest BCUT2D eigenvalue weighted by Gasteiger charge is 2.01. The number of hydrogen-bond acceptors (Lipinski definition) is 2. The summed E-state index contributed by atoms with van der Waals surface area (Å²) in [6, 6.07) is 9.87. The lowest BCUT2D eigenvalue weighted by molar-refractivity contribution is 0.282. The second-order valence-corrected chi connectivity index (χ2v) is 3.55. The van der Waals surface area contributed by atoms with Crippen molar-refractivity contribution in [3.8, 4) is 11.1 Å². The lowest BCUT2D eigenvalue weighted by atomic mass is 10.0. The molecule has 0 fully saturated rings. The normalized spacial score (nSPS) is 10.3. The molecule has 1 aromatic heterocycles. The van der Waals surface area contributed by atoms with Crippen molar-refractivity contribution in [3.63, 3.8) is 0 Å². The van der Waals surface area contributed by atoms with E-state index >= 15 is 0 Å². The van der Waals surface area contributed by atoms with Crippen molar-refractivity contribution >= 4 is 0 Å². The molecule has 0 aliphatic heterocycles. The molecule has 0 spiro atoms. The third-order valence-corrected chi connectivity index (χ3v) is 2.46. The molecule has 2 aromatic rings. The Morgan fingerprint density at radius 1 is 1.27 bits per heavy atom. The van der Waals surface area contributed by atoms with Crippen molar-refractivity contribution in [3.05, 3.63) is 53.9 Å². The van der Waals surface area contributed by atoms with Crippen LogP contribution in [0.2, 0.25) is 0 Å². The van der Waals surface area contributed by atoms with Gasteiger partial charge in [-0.05, 0) is 35.7 Å². The van der Waals surface area contributed by atoms with Gasteiger partial charge in [0.05, 0.1) is 6.61 Å². The van der Waals surface area contributed by atoms with Crippen molar-refractivity contribution in [2.24, 2.45) is 0 Å². The zero-order chi connectivity index (χ0) is 10.7. The molecule has 15 heavy (non-hydrogen) atoms. The first-order valence-electron chi connectivity index (χ1n) is 4.92. The van der Waals surface area contributed by atoms with Crippen LogP contribution in [0, 0.1) is 6.92 Å². The van der Waals surface area contributed by atoms with E-state index in [0.29, 0.717) is 0 Å². The molecule has 1 aromatic carbocycles. The second kappa shape index (κ2) is 4.24. The maximum atomic E-state index is 9.06. The van der Waals surface area contributed by atoms with Crippen LogP contribution in [-0.4, -0.2) is 10.1 Å². The smallest absolute Gasteiger partial charge is 0.0682 e. The van der Waals surface area contributed by atoms with Gasteiger partial charge in [-0.1, -0.05) is 18.2 Å². The number of aliphatic hydroxyl groups excluding tert-OH is 1. The van der Waals surface area contributed by atoms with E-state index in [2.05, 4.69) is 11.9 Å². The highest BCUT2D eigenvalue weighted by atomic mass is 16.3. The molecule has 0 aliphatic rings. The van der Waals surface area contributed by atoms with Crippen molar-refractivity contribution in [2.45, 2.75) is 13.5 Å². The standard InChI is InChI=1S/C13H13NO/c1-10-5-6-14-8-13(10)12-4-2-3-11(7-12)9-15/h2-8,15H,9H2,1H3. The maximum Gasteiger partial charge on any atom is 0.0682 e. The minimum atomic E-state index is 0.0765. The number of hydrogen-bond donors (Lipinski definition) is 1. The molecule has 76 valence electrons. The fourth-order valence-corrected chi connectivity index (χ4v) is 1.60. The van der Waals surface area contributed by atoms with Crippen molar-refractivity contribution in [2.75, 3.05) is 0 Å². The van der Waals surface area contributed by atoms with Crippen LogP contribution < -0.4 is 0 Å². The van der Waals surface area contributed by atoms with Crippen LogP contribution in [0.1, 0.15) is 11.1 Å². The summed E-state index contributed by atoms with van der Waals surface area (Å²) in [4.78, 5) is 4.11. The van der Waals surface area contributed by atoms with E-state index < -0.39 is 0 Å². The van der Waals surface area contributed by atoms with Gasteiger partial charge in [0.1, 0.15) is 0 Å². The largest absolute Gasteiger partial charge is 0.392 e. The van der Waals surface area contributed by atoms with Gasteiger partial charge in [0.15, 0.2) is 0 Å². The van der Waals surface area contributed by atoms with Gasteiger partial charge in [0.25, 0.3) is 0 Å². The second-order valence-electron chi connectivity index (χ2n) is 3.55. The Hall–Kier alpha value is -1.67.